The van der Waals surface area contributed by atoms with Crippen molar-refractivity contribution in [3.8, 4) is 0 Å². The Labute approximate surface area is 120 Å². The zero-order valence-electron chi connectivity index (χ0n) is 12.4. The van der Waals surface area contributed by atoms with Crippen LogP contribution in [-0.2, 0) is 9.47 Å². The number of rotatable bonds is 5. The van der Waals surface area contributed by atoms with Crippen molar-refractivity contribution in [2.45, 2.75) is 27.1 Å². The van der Waals surface area contributed by atoms with Crippen molar-refractivity contribution in [2.75, 3.05) is 18.9 Å². The first-order valence-electron chi connectivity index (χ1n) is 6.28. The first-order valence-corrected chi connectivity index (χ1v) is 6.28. The summed E-state index contributed by atoms with van der Waals surface area (Å²) in [6, 6.07) is 3.83. The van der Waals surface area contributed by atoms with Crippen LogP contribution >= 0.6 is 0 Å². The molecule has 0 aliphatic rings. The number of anilines is 1. The number of hydrogen-bond donors (Lipinski definition) is 1. The van der Waals surface area contributed by atoms with E-state index in [1.165, 1.54) is 18.2 Å². The summed E-state index contributed by atoms with van der Waals surface area (Å²) in [5, 5.41) is 0. The van der Waals surface area contributed by atoms with Crippen molar-refractivity contribution in [2.24, 2.45) is 0 Å². The molecule has 5 heteroatoms. The van der Waals surface area contributed by atoms with Gasteiger partial charge in [-0.1, -0.05) is 0 Å². The maximum Gasteiger partial charge on any atom is 0.154 e. The smallest absolute Gasteiger partial charge is 0.154 e. The molecule has 2 N–H and O–H groups in total. The van der Waals surface area contributed by atoms with Gasteiger partial charge in [-0.05, 0) is 39.0 Å². The number of benzene rings is 1. The van der Waals surface area contributed by atoms with Crippen molar-refractivity contribution in [3.63, 3.8) is 0 Å². The SMILES string of the molecule is C=C.CCOC(C)OCC.Nc1cc(C=O)ccc1F. The van der Waals surface area contributed by atoms with E-state index in [-0.39, 0.29) is 12.0 Å². The Kier molecular flexibility index (Phi) is 14.1. The van der Waals surface area contributed by atoms with Crippen LogP contribution in [0.5, 0.6) is 0 Å². The summed E-state index contributed by atoms with van der Waals surface area (Å²) in [4.78, 5) is 10.1. The Morgan fingerprint density at radius 2 is 1.80 bits per heavy atom. The lowest BCUT2D eigenvalue weighted by molar-refractivity contribution is -0.123. The number of ether oxygens (including phenoxy) is 2. The van der Waals surface area contributed by atoms with Crippen LogP contribution < -0.4 is 5.73 Å². The van der Waals surface area contributed by atoms with E-state index in [9.17, 15) is 9.18 Å². The van der Waals surface area contributed by atoms with Crippen molar-refractivity contribution in [1.29, 1.82) is 0 Å². The Morgan fingerprint density at radius 1 is 1.30 bits per heavy atom. The Morgan fingerprint density at radius 3 is 2.15 bits per heavy atom. The van der Waals surface area contributed by atoms with Crippen molar-refractivity contribution >= 4 is 12.0 Å². The van der Waals surface area contributed by atoms with Gasteiger partial charge < -0.3 is 15.2 Å². The molecule has 1 rings (SSSR count). The van der Waals surface area contributed by atoms with Gasteiger partial charge in [0.2, 0.25) is 0 Å². The van der Waals surface area contributed by atoms with Crippen LogP contribution in [0.25, 0.3) is 0 Å². The number of halogens is 1. The molecule has 20 heavy (non-hydrogen) atoms. The number of nitrogens with two attached hydrogens (primary N) is 1. The van der Waals surface area contributed by atoms with Gasteiger partial charge in [-0.15, -0.1) is 13.2 Å². The minimum Gasteiger partial charge on any atom is -0.396 e. The molecule has 0 aromatic heterocycles. The number of nitrogen functional groups attached to an aromatic ring is 1. The molecule has 0 aliphatic carbocycles. The van der Waals surface area contributed by atoms with Gasteiger partial charge in [0, 0.05) is 18.8 Å². The Balaban J connectivity index is 0. The molecule has 0 unspecified atom stereocenters. The van der Waals surface area contributed by atoms with E-state index in [4.69, 9.17) is 15.2 Å². The predicted molar refractivity (Wildman–Crippen MR) is 80.2 cm³/mol. The van der Waals surface area contributed by atoms with Crippen molar-refractivity contribution < 1.29 is 18.7 Å². The van der Waals surface area contributed by atoms with Gasteiger partial charge in [-0.25, -0.2) is 4.39 Å². The molecule has 0 amide bonds. The number of carbonyl (C=O) groups is 1. The van der Waals surface area contributed by atoms with E-state index in [1.807, 2.05) is 20.8 Å². The summed E-state index contributed by atoms with van der Waals surface area (Å²) in [5.74, 6) is -0.495. The second-order valence-electron chi connectivity index (χ2n) is 3.38. The first-order chi connectivity index (χ1) is 9.54. The third kappa shape index (κ3) is 10.2. The van der Waals surface area contributed by atoms with Crippen LogP contribution in [0.15, 0.2) is 31.4 Å². The molecular formula is C15H24FNO3. The van der Waals surface area contributed by atoms with E-state index in [0.717, 1.165) is 13.2 Å². The normalized spacial score (nSPS) is 9.05. The van der Waals surface area contributed by atoms with E-state index < -0.39 is 5.82 Å². The van der Waals surface area contributed by atoms with Gasteiger partial charge in [0.25, 0.3) is 0 Å². The average molecular weight is 285 g/mol. The minimum atomic E-state index is -0.495. The molecule has 1 aromatic rings. The van der Waals surface area contributed by atoms with Crippen LogP contribution in [0.3, 0.4) is 0 Å². The maximum atomic E-state index is 12.4. The molecule has 0 heterocycles. The van der Waals surface area contributed by atoms with E-state index >= 15 is 0 Å². The lowest BCUT2D eigenvalue weighted by Gasteiger charge is -2.09. The highest BCUT2D eigenvalue weighted by Crippen LogP contribution is 2.09. The fourth-order valence-electron chi connectivity index (χ4n) is 1.15. The summed E-state index contributed by atoms with van der Waals surface area (Å²) in [5.41, 5.74) is 5.55. The second-order valence-corrected chi connectivity index (χ2v) is 3.38. The third-order valence-corrected chi connectivity index (χ3v) is 1.96. The fourth-order valence-corrected chi connectivity index (χ4v) is 1.15. The third-order valence-electron chi connectivity index (χ3n) is 1.96. The van der Waals surface area contributed by atoms with Gasteiger partial charge in [0.1, 0.15) is 12.1 Å². The van der Waals surface area contributed by atoms with Crippen molar-refractivity contribution in [3.05, 3.63) is 42.7 Å². The lowest BCUT2D eigenvalue weighted by atomic mass is 10.2. The largest absolute Gasteiger partial charge is 0.396 e. The summed E-state index contributed by atoms with van der Waals surface area (Å²) in [7, 11) is 0. The number of aldehydes is 1. The monoisotopic (exact) mass is 285 g/mol. The molecule has 114 valence electrons. The summed E-state index contributed by atoms with van der Waals surface area (Å²) >= 11 is 0. The summed E-state index contributed by atoms with van der Waals surface area (Å²) in [6.07, 6.45) is 0.584. The van der Waals surface area contributed by atoms with E-state index in [2.05, 4.69) is 13.2 Å². The number of hydrogen-bond acceptors (Lipinski definition) is 4. The standard InChI is InChI=1S/C7H6FNO.C6H14O2.C2H4/c8-6-2-1-5(4-10)3-7(6)9;1-4-7-6(3)8-5-2;1-2/h1-4H,9H2;6H,4-5H2,1-3H3;1-2H2. The van der Waals surface area contributed by atoms with Crippen LogP contribution in [-0.4, -0.2) is 25.8 Å². The fraction of sp³-hybridized carbons (Fsp3) is 0.400. The van der Waals surface area contributed by atoms with E-state index in [0.29, 0.717) is 11.8 Å². The molecule has 0 fully saturated rings. The molecular weight excluding hydrogens is 261 g/mol. The van der Waals surface area contributed by atoms with Crippen LogP contribution in [0.4, 0.5) is 10.1 Å². The van der Waals surface area contributed by atoms with Crippen molar-refractivity contribution in [1.82, 2.24) is 0 Å². The van der Waals surface area contributed by atoms with Crippen LogP contribution in [0, 0.1) is 5.82 Å². The molecule has 4 nitrogen and oxygen atoms in total. The zero-order chi connectivity index (χ0) is 16.0. The molecule has 0 bridgehead atoms. The molecule has 0 aliphatic heterocycles. The molecule has 0 spiro atoms. The molecule has 0 saturated carbocycles. The van der Waals surface area contributed by atoms with Crippen LogP contribution in [0.1, 0.15) is 31.1 Å². The second kappa shape index (κ2) is 13.7. The topological polar surface area (TPSA) is 61.6 Å². The van der Waals surface area contributed by atoms with Gasteiger partial charge in [-0.3, -0.25) is 4.79 Å². The zero-order valence-corrected chi connectivity index (χ0v) is 12.4. The van der Waals surface area contributed by atoms with Gasteiger partial charge in [-0.2, -0.15) is 0 Å². The quantitative estimate of drug-likeness (QED) is 0.390. The first kappa shape index (κ1) is 20.6. The van der Waals surface area contributed by atoms with Gasteiger partial charge >= 0.3 is 0 Å². The summed E-state index contributed by atoms with van der Waals surface area (Å²) < 4.78 is 22.5. The Bertz CT molecular complexity index is 366. The summed E-state index contributed by atoms with van der Waals surface area (Å²) in [6.45, 7) is 13.3. The Hall–Kier alpha value is -1.72. The van der Waals surface area contributed by atoms with Gasteiger partial charge in [0.05, 0.1) is 5.69 Å². The van der Waals surface area contributed by atoms with E-state index in [1.54, 1.807) is 0 Å². The number of carbonyl (C=O) groups excluding carboxylic acids is 1. The highest BCUT2D eigenvalue weighted by molar-refractivity contribution is 5.76. The molecule has 0 atom stereocenters. The predicted octanol–water partition coefficient (Wildman–Crippen LogP) is 3.43. The van der Waals surface area contributed by atoms with Crippen LogP contribution in [0.2, 0.25) is 0 Å². The highest BCUT2D eigenvalue weighted by Gasteiger charge is 1.96. The molecule has 0 saturated heterocycles. The molecule has 0 radical (unpaired) electrons. The lowest BCUT2D eigenvalue weighted by Crippen LogP contribution is -2.11. The maximum absolute atomic E-state index is 12.4. The average Bonchev–Trinajstić information content (AvgIpc) is 2.45. The minimum absolute atomic E-state index is 0.00426. The molecule has 1 aromatic carbocycles. The highest BCUT2D eigenvalue weighted by atomic mass is 19.1. The van der Waals surface area contributed by atoms with Gasteiger partial charge in [0.15, 0.2) is 6.29 Å².